The van der Waals surface area contributed by atoms with E-state index in [1.54, 1.807) is 4.90 Å². The smallest absolute Gasteiger partial charge is 0.326 e. The highest BCUT2D eigenvalue weighted by Crippen LogP contribution is 2.41. The second-order valence-electron chi connectivity index (χ2n) is 9.71. The number of anilines is 1. The molecule has 0 spiro atoms. The molecule has 0 saturated carbocycles. The molecule has 4 rings (SSSR count). The first-order chi connectivity index (χ1) is 17.4. The van der Waals surface area contributed by atoms with E-state index in [4.69, 9.17) is 0 Å². The molecule has 1 saturated heterocycles. The van der Waals surface area contributed by atoms with Crippen LogP contribution in [0.2, 0.25) is 0 Å². The van der Waals surface area contributed by atoms with Crippen molar-refractivity contribution in [1.29, 1.82) is 0 Å². The van der Waals surface area contributed by atoms with Crippen LogP contribution in [0.3, 0.4) is 0 Å². The molecule has 2 aliphatic heterocycles. The van der Waals surface area contributed by atoms with Crippen molar-refractivity contribution in [1.82, 2.24) is 16.0 Å². The Bertz CT molecular complexity index is 1090. The zero-order valence-electron chi connectivity index (χ0n) is 20.9. The number of benzene rings is 2. The van der Waals surface area contributed by atoms with Crippen molar-refractivity contribution in [3.63, 3.8) is 0 Å². The fourth-order valence-electron chi connectivity index (χ4n) is 5.34. The van der Waals surface area contributed by atoms with Gasteiger partial charge in [0.25, 0.3) is 0 Å². The lowest BCUT2D eigenvalue weighted by Gasteiger charge is -2.39. The van der Waals surface area contributed by atoms with Crippen molar-refractivity contribution < 1.29 is 19.5 Å². The van der Waals surface area contributed by atoms with Crippen LogP contribution in [-0.2, 0) is 28.0 Å². The third kappa shape index (κ3) is 5.54. The van der Waals surface area contributed by atoms with Gasteiger partial charge in [-0.05, 0) is 61.2 Å². The number of hydrogen-bond acceptors (Lipinski definition) is 4. The van der Waals surface area contributed by atoms with Crippen LogP contribution in [0.25, 0.3) is 0 Å². The molecule has 2 aromatic rings. The molecule has 192 valence electrons. The van der Waals surface area contributed by atoms with Crippen molar-refractivity contribution >= 4 is 23.6 Å². The number of nitrogens with one attached hydrogen (secondary N) is 3. The maximum absolute atomic E-state index is 13.3. The zero-order valence-corrected chi connectivity index (χ0v) is 20.9. The zero-order chi connectivity index (χ0) is 25.5. The number of amides is 3. The predicted molar refractivity (Wildman–Crippen MR) is 139 cm³/mol. The number of rotatable bonds is 10. The summed E-state index contributed by atoms with van der Waals surface area (Å²) in [7, 11) is 0. The number of carboxylic acid groups (broad SMARTS) is 1. The molecule has 36 heavy (non-hydrogen) atoms. The maximum atomic E-state index is 13.3. The highest BCUT2D eigenvalue weighted by atomic mass is 16.4. The minimum atomic E-state index is -1.14. The third-order valence-electron chi connectivity index (χ3n) is 7.25. The molecule has 8 nitrogen and oxygen atoms in total. The lowest BCUT2D eigenvalue weighted by atomic mass is 9.82. The molecule has 0 radical (unpaired) electrons. The number of fused-ring (bicyclic) bond motifs is 1. The summed E-state index contributed by atoms with van der Waals surface area (Å²) in [4.78, 5) is 39.9. The number of unbranched alkanes of at least 4 members (excludes halogenated alkanes) is 2. The standard InChI is InChI=1S/C28H36N4O4/c1-2-3-5-10-25(33)31-24(26(34)35)18-28(22-8-6-4-7-9-22)19-30-27(36)32(28)23-12-11-20-13-15-29-16-14-21(20)17-23/h4,6-9,11-12,17,24,29H,2-3,5,10,13-16,18-19H2,1H3,(H,30,36)(H,31,33)(H,34,35). The van der Waals surface area contributed by atoms with E-state index in [1.807, 2.05) is 36.4 Å². The van der Waals surface area contributed by atoms with Gasteiger partial charge in [-0.25, -0.2) is 9.59 Å². The monoisotopic (exact) mass is 492 g/mol. The van der Waals surface area contributed by atoms with Crippen molar-refractivity contribution in [2.75, 3.05) is 24.5 Å². The van der Waals surface area contributed by atoms with E-state index >= 15 is 0 Å². The average Bonchev–Trinajstić information content (AvgIpc) is 3.04. The molecule has 4 N–H and O–H groups in total. The fraction of sp³-hybridized carbons (Fsp3) is 0.464. The van der Waals surface area contributed by atoms with Gasteiger partial charge < -0.3 is 21.1 Å². The summed E-state index contributed by atoms with van der Waals surface area (Å²) < 4.78 is 0. The maximum Gasteiger partial charge on any atom is 0.326 e. The van der Waals surface area contributed by atoms with Gasteiger partial charge in [0.2, 0.25) is 5.91 Å². The Morgan fingerprint density at radius 1 is 1.08 bits per heavy atom. The Morgan fingerprint density at radius 3 is 2.56 bits per heavy atom. The molecule has 8 heteroatoms. The number of urea groups is 1. The van der Waals surface area contributed by atoms with E-state index in [0.29, 0.717) is 6.42 Å². The minimum absolute atomic E-state index is 0.0449. The first kappa shape index (κ1) is 25.7. The van der Waals surface area contributed by atoms with Crippen LogP contribution >= 0.6 is 0 Å². The number of carbonyl (C=O) groups is 3. The van der Waals surface area contributed by atoms with E-state index in [9.17, 15) is 19.5 Å². The minimum Gasteiger partial charge on any atom is -0.480 e. The van der Waals surface area contributed by atoms with Gasteiger partial charge in [-0.2, -0.15) is 0 Å². The average molecular weight is 493 g/mol. The molecular weight excluding hydrogens is 456 g/mol. The number of carboxylic acids is 1. The summed E-state index contributed by atoms with van der Waals surface area (Å²) in [5, 5.41) is 19.2. The number of aliphatic carboxylic acids is 1. The first-order valence-corrected chi connectivity index (χ1v) is 12.9. The van der Waals surface area contributed by atoms with Crippen LogP contribution in [0.1, 0.15) is 55.7 Å². The predicted octanol–water partition coefficient (Wildman–Crippen LogP) is 3.34. The molecule has 2 atom stereocenters. The second kappa shape index (κ2) is 11.6. The molecule has 2 unspecified atom stereocenters. The largest absolute Gasteiger partial charge is 0.480 e. The van der Waals surface area contributed by atoms with Crippen molar-refractivity contribution in [3.05, 3.63) is 65.2 Å². The van der Waals surface area contributed by atoms with Gasteiger partial charge in [0.15, 0.2) is 0 Å². The second-order valence-corrected chi connectivity index (χ2v) is 9.71. The highest BCUT2D eigenvalue weighted by molar-refractivity contribution is 5.97. The van der Waals surface area contributed by atoms with Crippen LogP contribution in [0, 0.1) is 0 Å². The molecule has 2 heterocycles. The summed E-state index contributed by atoms with van der Waals surface area (Å²) in [6, 6.07) is 14.2. The fourth-order valence-corrected chi connectivity index (χ4v) is 5.34. The third-order valence-corrected chi connectivity index (χ3v) is 7.25. The van der Waals surface area contributed by atoms with Gasteiger partial charge in [-0.1, -0.05) is 56.2 Å². The summed E-state index contributed by atoms with van der Waals surface area (Å²) in [5.41, 5.74) is 3.03. The van der Waals surface area contributed by atoms with Gasteiger partial charge in [-0.15, -0.1) is 0 Å². The summed E-state index contributed by atoms with van der Waals surface area (Å²) in [6.45, 7) is 4.09. The lowest BCUT2D eigenvalue weighted by Crippen LogP contribution is -2.52. The van der Waals surface area contributed by atoms with E-state index < -0.39 is 17.6 Å². The number of hydrogen-bond donors (Lipinski definition) is 4. The molecule has 2 aliphatic rings. The molecule has 0 bridgehead atoms. The molecular formula is C28H36N4O4. The summed E-state index contributed by atoms with van der Waals surface area (Å²) >= 11 is 0. The quantitative estimate of drug-likeness (QED) is 0.380. The highest BCUT2D eigenvalue weighted by Gasteiger charge is 2.50. The van der Waals surface area contributed by atoms with Crippen molar-refractivity contribution in [2.45, 2.75) is 63.5 Å². The number of nitrogens with zero attached hydrogens (tertiary/aromatic N) is 1. The number of carbonyl (C=O) groups excluding carboxylic acids is 2. The van der Waals surface area contributed by atoms with Crippen LogP contribution in [0.4, 0.5) is 10.5 Å². The normalized spacial score (nSPS) is 20.2. The van der Waals surface area contributed by atoms with Crippen LogP contribution in [0.5, 0.6) is 0 Å². The van der Waals surface area contributed by atoms with Crippen LogP contribution in [-0.4, -0.2) is 48.7 Å². The van der Waals surface area contributed by atoms with E-state index in [2.05, 4.69) is 35.0 Å². The van der Waals surface area contributed by atoms with E-state index in [-0.39, 0.29) is 31.3 Å². The molecule has 1 fully saturated rings. The van der Waals surface area contributed by atoms with Gasteiger partial charge in [0.05, 0.1) is 5.54 Å². The van der Waals surface area contributed by atoms with Gasteiger partial charge in [-0.3, -0.25) is 9.69 Å². The Hall–Kier alpha value is -3.39. The van der Waals surface area contributed by atoms with Crippen molar-refractivity contribution in [2.24, 2.45) is 0 Å². The molecule has 0 aliphatic carbocycles. The molecule has 2 aromatic carbocycles. The SMILES string of the molecule is CCCCCC(=O)NC(CC1(c2ccccc2)CNC(=O)N1c1ccc2c(c1)CCNCC2)C(=O)O. The Labute approximate surface area is 212 Å². The lowest BCUT2D eigenvalue weighted by molar-refractivity contribution is -0.142. The summed E-state index contributed by atoms with van der Waals surface area (Å²) in [5.74, 6) is -1.39. The van der Waals surface area contributed by atoms with Crippen molar-refractivity contribution in [3.8, 4) is 0 Å². The van der Waals surface area contributed by atoms with Gasteiger partial charge in [0, 0.05) is 25.1 Å². The Morgan fingerprint density at radius 2 is 1.83 bits per heavy atom. The van der Waals surface area contributed by atoms with Crippen LogP contribution < -0.4 is 20.9 Å². The first-order valence-electron chi connectivity index (χ1n) is 12.9. The van der Waals surface area contributed by atoms with Gasteiger partial charge in [0.1, 0.15) is 6.04 Å². The summed E-state index contributed by atoms with van der Waals surface area (Å²) in [6.07, 6.45) is 4.73. The van der Waals surface area contributed by atoms with Crippen LogP contribution in [0.15, 0.2) is 48.5 Å². The Balaban J connectivity index is 1.71. The molecule has 0 aromatic heterocycles. The van der Waals surface area contributed by atoms with E-state index in [0.717, 1.165) is 50.0 Å². The molecule has 3 amide bonds. The van der Waals surface area contributed by atoms with Gasteiger partial charge >= 0.3 is 12.0 Å². The Kier molecular flexibility index (Phi) is 8.25. The van der Waals surface area contributed by atoms with E-state index in [1.165, 1.54) is 11.1 Å². The topological polar surface area (TPSA) is 111 Å².